The Balaban J connectivity index is 1.70. The van der Waals surface area contributed by atoms with Crippen LogP contribution in [0, 0.1) is 6.92 Å². The normalized spacial score (nSPS) is 17.2. The molecule has 1 saturated heterocycles. The van der Waals surface area contributed by atoms with Gasteiger partial charge >= 0.3 is 0 Å². The maximum atomic E-state index is 6.12. The lowest BCUT2D eigenvalue weighted by Gasteiger charge is -2.38. The minimum atomic E-state index is -0.124. The fraction of sp³-hybridized carbons (Fsp3) is 0.500. The average molecular weight is 298 g/mol. The standard InChI is InChI=1S/C18H26N4/c1-14-4-6-16-15(12-14)5-7-17(20-16)22-10-8-21(9-11-22)13-18(2,3)19/h4-7,12H,8-11,13,19H2,1-3H3. The molecule has 4 heteroatoms. The van der Waals surface area contributed by atoms with E-state index in [1.807, 2.05) is 0 Å². The van der Waals surface area contributed by atoms with Crippen molar-refractivity contribution >= 4 is 16.7 Å². The minimum Gasteiger partial charge on any atom is -0.354 e. The van der Waals surface area contributed by atoms with Crippen LogP contribution in [0.25, 0.3) is 10.9 Å². The molecule has 2 aromatic rings. The van der Waals surface area contributed by atoms with E-state index in [2.05, 4.69) is 60.9 Å². The van der Waals surface area contributed by atoms with Crippen LogP contribution in [-0.4, -0.2) is 48.1 Å². The van der Waals surface area contributed by atoms with Crippen molar-refractivity contribution in [1.29, 1.82) is 0 Å². The monoisotopic (exact) mass is 298 g/mol. The summed E-state index contributed by atoms with van der Waals surface area (Å²) in [5, 5.41) is 1.22. The van der Waals surface area contributed by atoms with Crippen LogP contribution in [0.4, 0.5) is 5.82 Å². The number of hydrogen-bond acceptors (Lipinski definition) is 4. The number of aryl methyl sites for hydroxylation is 1. The fourth-order valence-corrected chi connectivity index (χ4v) is 3.12. The Morgan fingerprint density at radius 1 is 1.09 bits per heavy atom. The Kier molecular flexibility index (Phi) is 4.06. The smallest absolute Gasteiger partial charge is 0.129 e. The Hall–Kier alpha value is -1.65. The van der Waals surface area contributed by atoms with E-state index in [0.717, 1.165) is 44.1 Å². The van der Waals surface area contributed by atoms with E-state index in [4.69, 9.17) is 10.7 Å². The number of hydrogen-bond donors (Lipinski definition) is 1. The van der Waals surface area contributed by atoms with Gasteiger partial charge in [-0.15, -0.1) is 0 Å². The maximum absolute atomic E-state index is 6.12. The van der Waals surface area contributed by atoms with E-state index in [1.54, 1.807) is 0 Å². The summed E-state index contributed by atoms with van der Waals surface area (Å²) in [6.07, 6.45) is 0. The number of benzene rings is 1. The Morgan fingerprint density at radius 2 is 1.82 bits per heavy atom. The maximum Gasteiger partial charge on any atom is 0.129 e. The van der Waals surface area contributed by atoms with Gasteiger partial charge in [-0.2, -0.15) is 0 Å². The van der Waals surface area contributed by atoms with Crippen molar-refractivity contribution < 1.29 is 0 Å². The average Bonchev–Trinajstić information content (AvgIpc) is 2.46. The largest absolute Gasteiger partial charge is 0.354 e. The first-order chi connectivity index (χ1) is 10.4. The molecular formula is C18H26N4. The molecule has 1 aromatic carbocycles. The number of fused-ring (bicyclic) bond motifs is 1. The van der Waals surface area contributed by atoms with Gasteiger partial charge in [-0.25, -0.2) is 4.98 Å². The Bertz CT molecular complexity index is 652. The highest BCUT2D eigenvalue weighted by molar-refractivity contribution is 5.81. The third-order valence-corrected chi connectivity index (χ3v) is 4.16. The van der Waals surface area contributed by atoms with Gasteiger partial charge < -0.3 is 10.6 Å². The van der Waals surface area contributed by atoms with E-state index in [9.17, 15) is 0 Å². The first-order valence-corrected chi connectivity index (χ1v) is 8.04. The topological polar surface area (TPSA) is 45.4 Å². The van der Waals surface area contributed by atoms with Crippen molar-refractivity contribution in [2.75, 3.05) is 37.6 Å². The highest BCUT2D eigenvalue weighted by atomic mass is 15.3. The number of aromatic nitrogens is 1. The quantitative estimate of drug-likeness (QED) is 0.945. The van der Waals surface area contributed by atoms with Crippen molar-refractivity contribution in [2.24, 2.45) is 5.73 Å². The number of pyridine rings is 1. The minimum absolute atomic E-state index is 0.124. The van der Waals surface area contributed by atoms with Gasteiger partial charge in [-0.05, 0) is 45.0 Å². The predicted molar refractivity (Wildman–Crippen MR) is 93.4 cm³/mol. The molecule has 2 N–H and O–H groups in total. The van der Waals surface area contributed by atoms with Crippen molar-refractivity contribution in [2.45, 2.75) is 26.3 Å². The molecule has 22 heavy (non-hydrogen) atoms. The van der Waals surface area contributed by atoms with Crippen LogP contribution < -0.4 is 10.6 Å². The van der Waals surface area contributed by atoms with Crippen molar-refractivity contribution in [3.8, 4) is 0 Å². The summed E-state index contributed by atoms with van der Waals surface area (Å²) in [7, 11) is 0. The van der Waals surface area contributed by atoms with Gasteiger partial charge in [0, 0.05) is 43.6 Å². The lowest BCUT2D eigenvalue weighted by Crippen LogP contribution is -2.53. The summed E-state index contributed by atoms with van der Waals surface area (Å²) in [5.74, 6) is 1.09. The van der Waals surface area contributed by atoms with Gasteiger partial charge in [0.1, 0.15) is 5.82 Å². The third kappa shape index (κ3) is 3.57. The van der Waals surface area contributed by atoms with E-state index in [0.29, 0.717) is 0 Å². The molecule has 0 bridgehead atoms. The highest BCUT2D eigenvalue weighted by Crippen LogP contribution is 2.20. The van der Waals surface area contributed by atoms with Gasteiger partial charge in [0.05, 0.1) is 5.52 Å². The molecule has 0 amide bonds. The van der Waals surface area contributed by atoms with Gasteiger partial charge in [0.15, 0.2) is 0 Å². The third-order valence-electron chi connectivity index (χ3n) is 4.16. The van der Waals surface area contributed by atoms with Gasteiger partial charge in [0.25, 0.3) is 0 Å². The second-order valence-corrected chi connectivity index (χ2v) is 7.12. The molecule has 3 rings (SSSR count). The fourth-order valence-electron chi connectivity index (χ4n) is 3.12. The molecule has 1 aliphatic heterocycles. The number of piperazine rings is 1. The van der Waals surface area contributed by atoms with Gasteiger partial charge in [-0.1, -0.05) is 11.6 Å². The molecule has 2 heterocycles. The summed E-state index contributed by atoms with van der Waals surface area (Å²) in [5.41, 5.74) is 8.35. The second kappa shape index (κ2) is 5.86. The number of nitrogens with two attached hydrogens (primary N) is 1. The number of rotatable bonds is 3. The van der Waals surface area contributed by atoms with Crippen LogP contribution in [-0.2, 0) is 0 Å². The Labute approximate surface area is 132 Å². The highest BCUT2D eigenvalue weighted by Gasteiger charge is 2.22. The lowest BCUT2D eigenvalue weighted by atomic mass is 10.1. The summed E-state index contributed by atoms with van der Waals surface area (Å²) in [4.78, 5) is 9.64. The lowest BCUT2D eigenvalue weighted by molar-refractivity contribution is 0.214. The van der Waals surface area contributed by atoms with E-state index in [1.165, 1.54) is 10.9 Å². The molecule has 0 atom stereocenters. The zero-order valence-electron chi connectivity index (χ0n) is 13.8. The summed E-state index contributed by atoms with van der Waals surface area (Å²) in [6.45, 7) is 11.4. The Morgan fingerprint density at radius 3 is 2.50 bits per heavy atom. The van der Waals surface area contributed by atoms with Crippen LogP contribution in [0.1, 0.15) is 19.4 Å². The molecule has 1 fully saturated rings. The molecule has 1 aromatic heterocycles. The number of nitrogens with zero attached hydrogens (tertiary/aromatic N) is 3. The van der Waals surface area contributed by atoms with Crippen molar-refractivity contribution in [3.05, 3.63) is 35.9 Å². The first-order valence-electron chi connectivity index (χ1n) is 8.04. The number of anilines is 1. The van der Waals surface area contributed by atoms with Crippen LogP contribution in [0.3, 0.4) is 0 Å². The first kappa shape index (κ1) is 15.3. The molecule has 0 aliphatic carbocycles. The zero-order chi connectivity index (χ0) is 15.7. The molecule has 118 valence electrons. The SMILES string of the molecule is Cc1ccc2nc(N3CCN(CC(C)(C)N)CC3)ccc2c1. The predicted octanol–water partition coefficient (Wildman–Crippen LogP) is 2.40. The summed E-state index contributed by atoms with van der Waals surface area (Å²) < 4.78 is 0. The molecule has 0 radical (unpaired) electrons. The van der Waals surface area contributed by atoms with E-state index >= 15 is 0 Å². The van der Waals surface area contributed by atoms with Crippen molar-refractivity contribution in [3.63, 3.8) is 0 Å². The molecule has 0 spiro atoms. The summed E-state index contributed by atoms with van der Waals surface area (Å²) >= 11 is 0. The van der Waals surface area contributed by atoms with Crippen molar-refractivity contribution in [1.82, 2.24) is 9.88 Å². The molecule has 4 nitrogen and oxygen atoms in total. The molecule has 0 unspecified atom stereocenters. The zero-order valence-corrected chi connectivity index (χ0v) is 13.8. The van der Waals surface area contributed by atoms with Crippen LogP contribution in [0.2, 0.25) is 0 Å². The summed E-state index contributed by atoms with van der Waals surface area (Å²) in [6, 6.07) is 10.7. The molecule has 1 aliphatic rings. The molecular weight excluding hydrogens is 272 g/mol. The molecule has 0 saturated carbocycles. The van der Waals surface area contributed by atoms with Crippen LogP contribution in [0.15, 0.2) is 30.3 Å². The van der Waals surface area contributed by atoms with E-state index < -0.39 is 0 Å². The van der Waals surface area contributed by atoms with Crippen LogP contribution >= 0.6 is 0 Å². The van der Waals surface area contributed by atoms with Crippen LogP contribution in [0.5, 0.6) is 0 Å². The van der Waals surface area contributed by atoms with E-state index in [-0.39, 0.29) is 5.54 Å². The second-order valence-electron chi connectivity index (χ2n) is 7.12. The van der Waals surface area contributed by atoms with Gasteiger partial charge in [0.2, 0.25) is 0 Å². The van der Waals surface area contributed by atoms with Gasteiger partial charge in [-0.3, -0.25) is 4.90 Å².